The molecule has 0 bridgehead atoms. The first-order valence-corrected chi connectivity index (χ1v) is 6.04. The maximum Gasteiger partial charge on any atom is 0.0312 e. The number of rotatable bonds is 7. The Kier molecular flexibility index (Phi) is 6.04. The van der Waals surface area contributed by atoms with Crippen LogP contribution in [0.15, 0.2) is 24.5 Å². The van der Waals surface area contributed by atoms with Crippen LogP contribution in [-0.4, -0.2) is 36.1 Å². The molecular weight excluding hydrogens is 198 g/mol. The predicted octanol–water partition coefficient (Wildman–Crippen LogP) is 1.90. The van der Waals surface area contributed by atoms with Gasteiger partial charge in [0.25, 0.3) is 0 Å². The summed E-state index contributed by atoms with van der Waals surface area (Å²) in [7, 11) is 2.17. The number of pyridine rings is 1. The summed E-state index contributed by atoms with van der Waals surface area (Å²) in [6.45, 7) is 7.53. The highest BCUT2D eigenvalue weighted by atomic mass is 15.1. The molecule has 1 aromatic rings. The highest BCUT2D eigenvalue weighted by molar-refractivity contribution is 5.08. The lowest BCUT2D eigenvalue weighted by molar-refractivity contribution is 0.236. The molecule has 0 fully saturated rings. The Bertz CT molecular complexity index is 274. The monoisotopic (exact) mass is 221 g/mol. The molecule has 0 aromatic carbocycles. The maximum atomic E-state index is 4.13. The largest absolute Gasteiger partial charge is 0.317 e. The van der Waals surface area contributed by atoms with Crippen LogP contribution in [0.5, 0.6) is 0 Å². The van der Waals surface area contributed by atoms with Crippen LogP contribution >= 0.6 is 0 Å². The van der Waals surface area contributed by atoms with Crippen LogP contribution in [-0.2, 0) is 6.54 Å². The summed E-state index contributed by atoms with van der Waals surface area (Å²) in [5, 5.41) is 3.36. The van der Waals surface area contributed by atoms with Crippen LogP contribution in [0.4, 0.5) is 0 Å². The van der Waals surface area contributed by atoms with Crippen LogP contribution in [0.1, 0.15) is 25.8 Å². The van der Waals surface area contributed by atoms with Crippen LogP contribution < -0.4 is 5.32 Å². The molecule has 0 amide bonds. The van der Waals surface area contributed by atoms with Gasteiger partial charge >= 0.3 is 0 Å². The normalized spacial score (nSPS) is 13.0. The summed E-state index contributed by atoms with van der Waals surface area (Å²) in [6, 6.07) is 4.71. The summed E-state index contributed by atoms with van der Waals surface area (Å²) in [5.74, 6) is 0. The van der Waals surface area contributed by atoms with Gasteiger partial charge in [-0.15, -0.1) is 0 Å². The molecule has 1 atom stereocenters. The molecule has 16 heavy (non-hydrogen) atoms. The van der Waals surface area contributed by atoms with E-state index in [1.807, 2.05) is 18.5 Å². The first-order chi connectivity index (χ1) is 7.74. The Hall–Kier alpha value is -0.930. The van der Waals surface area contributed by atoms with Crippen LogP contribution in [0, 0.1) is 0 Å². The number of nitrogens with zero attached hydrogens (tertiary/aromatic N) is 2. The molecule has 0 aliphatic rings. The molecule has 3 nitrogen and oxygen atoms in total. The van der Waals surface area contributed by atoms with Crippen LogP contribution in [0.25, 0.3) is 0 Å². The van der Waals surface area contributed by atoms with Gasteiger partial charge in [-0.25, -0.2) is 0 Å². The van der Waals surface area contributed by atoms with Crippen molar-refractivity contribution in [2.24, 2.45) is 0 Å². The zero-order chi connectivity index (χ0) is 11.8. The molecule has 0 spiro atoms. The minimum absolute atomic E-state index is 0.597. The molecule has 0 aliphatic carbocycles. The van der Waals surface area contributed by atoms with Crippen LogP contribution in [0.3, 0.4) is 0 Å². The molecule has 0 saturated heterocycles. The van der Waals surface area contributed by atoms with Gasteiger partial charge in [0.05, 0.1) is 0 Å². The van der Waals surface area contributed by atoms with Gasteiger partial charge in [-0.3, -0.25) is 9.88 Å². The smallest absolute Gasteiger partial charge is 0.0312 e. The van der Waals surface area contributed by atoms with Crippen LogP contribution in [0.2, 0.25) is 0 Å². The van der Waals surface area contributed by atoms with E-state index in [1.54, 1.807) is 0 Å². The third-order valence-corrected chi connectivity index (χ3v) is 2.90. The summed E-state index contributed by atoms with van der Waals surface area (Å²) in [5.41, 5.74) is 1.28. The SMILES string of the molecule is CCNCCC(C)N(C)Cc1cccnc1. The highest BCUT2D eigenvalue weighted by Gasteiger charge is 2.08. The minimum atomic E-state index is 0.597. The number of hydrogen-bond donors (Lipinski definition) is 1. The fourth-order valence-electron chi connectivity index (χ4n) is 1.64. The van der Waals surface area contributed by atoms with Gasteiger partial charge in [-0.05, 0) is 45.1 Å². The summed E-state index contributed by atoms with van der Waals surface area (Å²) in [4.78, 5) is 6.50. The van der Waals surface area contributed by atoms with Crippen molar-refractivity contribution in [2.45, 2.75) is 32.9 Å². The molecule has 90 valence electrons. The second kappa shape index (κ2) is 7.36. The maximum absolute atomic E-state index is 4.13. The quantitative estimate of drug-likeness (QED) is 0.713. The van der Waals surface area contributed by atoms with E-state index < -0.39 is 0 Å². The summed E-state index contributed by atoms with van der Waals surface area (Å²) in [6.07, 6.45) is 4.94. The van der Waals surface area contributed by atoms with Gasteiger partial charge < -0.3 is 5.32 Å². The lowest BCUT2D eigenvalue weighted by atomic mass is 10.2. The van der Waals surface area contributed by atoms with Crippen molar-refractivity contribution >= 4 is 0 Å². The highest BCUT2D eigenvalue weighted by Crippen LogP contribution is 2.06. The Morgan fingerprint density at radius 3 is 2.94 bits per heavy atom. The van der Waals surface area contributed by atoms with E-state index in [2.05, 4.69) is 42.2 Å². The molecule has 1 unspecified atom stereocenters. The molecule has 0 radical (unpaired) electrons. The van der Waals surface area contributed by atoms with Crippen molar-refractivity contribution in [1.82, 2.24) is 15.2 Å². The first kappa shape index (κ1) is 13.1. The Morgan fingerprint density at radius 2 is 2.31 bits per heavy atom. The standard InChI is InChI=1S/C13H23N3/c1-4-14-9-7-12(2)16(3)11-13-6-5-8-15-10-13/h5-6,8,10,12,14H,4,7,9,11H2,1-3H3. The van der Waals surface area contributed by atoms with Crippen molar-refractivity contribution in [2.75, 3.05) is 20.1 Å². The Balaban J connectivity index is 2.31. The fourth-order valence-corrected chi connectivity index (χ4v) is 1.64. The zero-order valence-electron chi connectivity index (χ0n) is 10.6. The van der Waals surface area contributed by atoms with E-state index in [1.165, 1.54) is 12.0 Å². The van der Waals surface area contributed by atoms with E-state index >= 15 is 0 Å². The predicted molar refractivity (Wildman–Crippen MR) is 68.3 cm³/mol. The minimum Gasteiger partial charge on any atom is -0.317 e. The molecule has 1 N–H and O–H groups in total. The molecule has 0 aliphatic heterocycles. The molecule has 0 saturated carbocycles. The molecule has 1 heterocycles. The van der Waals surface area contributed by atoms with Crippen molar-refractivity contribution in [3.8, 4) is 0 Å². The Labute approximate surface area is 98.9 Å². The zero-order valence-corrected chi connectivity index (χ0v) is 10.6. The summed E-state index contributed by atoms with van der Waals surface area (Å²) < 4.78 is 0. The second-order valence-electron chi connectivity index (χ2n) is 4.27. The third kappa shape index (κ3) is 4.73. The van der Waals surface area contributed by atoms with E-state index in [-0.39, 0.29) is 0 Å². The summed E-state index contributed by atoms with van der Waals surface area (Å²) >= 11 is 0. The molecule has 1 rings (SSSR count). The number of aromatic nitrogens is 1. The average Bonchev–Trinajstić information content (AvgIpc) is 2.30. The van der Waals surface area contributed by atoms with Gasteiger partial charge in [0.15, 0.2) is 0 Å². The van der Waals surface area contributed by atoms with Gasteiger partial charge in [-0.1, -0.05) is 13.0 Å². The lowest BCUT2D eigenvalue weighted by Gasteiger charge is -2.24. The van der Waals surface area contributed by atoms with Gasteiger partial charge in [0.2, 0.25) is 0 Å². The first-order valence-electron chi connectivity index (χ1n) is 6.04. The molecule has 1 aromatic heterocycles. The van der Waals surface area contributed by atoms with Gasteiger partial charge in [-0.2, -0.15) is 0 Å². The topological polar surface area (TPSA) is 28.2 Å². The van der Waals surface area contributed by atoms with Crippen molar-refractivity contribution < 1.29 is 0 Å². The Morgan fingerprint density at radius 1 is 1.50 bits per heavy atom. The second-order valence-corrected chi connectivity index (χ2v) is 4.27. The van der Waals surface area contributed by atoms with Gasteiger partial charge in [0, 0.05) is 25.0 Å². The fraction of sp³-hybridized carbons (Fsp3) is 0.615. The van der Waals surface area contributed by atoms with Crippen molar-refractivity contribution in [3.63, 3.8) is 0 Å². The average molecular weight is 221 g/mol. The molecule has 3 heteroatoms. The van der Waals surface area contributed by atoms with E-state index in [0.29, 0.717) is 6.04 Å². The van der Waals surface area contributed by atoms with E-state index in [4.69, 9.17) is 0 Å². The number of nitrogens with one attached hydrogen (secondary N) is 1. The van der Waals surface area contributed by atoms with Gasteiger partial charge in [0.1, 0.15) is 0 Å². The van der Waals surface area contributed by atoms with Crippen molar-refractivity contribution in [3.05, 3.63) is 30.1 Å². The van der Waals surface area contributed by atoms with Crippen molar-refractivity contribution in [1.29, 1.82) is 0 Å². The van der Waals surface area contributed by atoms with E-state index in [9.17, 15) is 0 Å². The van der Waals surface area contributed by atoms with E-state index in [0.717, 1.165) is 19.6 Å². The molecular formula is C13H23N3. The lowest BCUT2D eigenvalue weighted by Crippen LogP contribution is -2.31. The third-order valence-electron chi connectivity index (χ3n) is 2.90. The number of hydrogen-bond acceptors (Lipinski definition) is 3.